The molecule has 0 unspecified atom stereocenters. The molecule has 138 valence electrons. The van der Waals surface area contributed by atoms with Crippen LogP contribution in [0.25, 0.3) is 16.8 Å². The van der Waals surface area contributed by atoms with E-state index in [1.807, 2.05) is 89.9 Å². The molecule has 28 heavy (non-hydrogen) atoms. The summed E-state index contributed by atoms with van der Waals surface area (Å²) in [6, 6.07) is 27.3. The molecular formula is C23H20N3O2+. The van der Waals surface area contributed by atoms with Gasteiger partial charge in [-0.15, -0.1) is 0 Å². The zero-order valence-corrected chi connectivity index (χ0v) is 15.2. The number of aromatic amines is 1. The van der Waals surface area contributed by atoms with Gasteiger partial charge in [-0.05, 0) is 35.4 Å². The molecular weight excluding hydrogens is 350 g/mol. The molecule has 5 nitrogen and oxygen atoms in total. The Balaban J connectivity index is 1.31. The predicted molar refractivity (Wildman–Crippen MR) is 108 cm³/mol. The number of carbonyl (C=O) groups is 1. The second-order valence-electron chi connectivity index (χ2n) is 6.28. The van der Waals surface area contributed by atoms with Crippen LogP contribution in [0.4, 0.5) is 5.69 Å². The summed E-state index contributed by atoms with van der Waals surface area (Å²) >= 11 is 0. The number of hydrogen-bond donors (Lipinski definition) is 2. The Bertz CT molecular complexity index is 1030. The number of ether oxygens (including phenoxy) is 1. The quantitative estimate of drug-likeness (QED) is 0.505. The number of carbonyl (C=O) groups excluding carboxylic acids is 1. The van der Waals surface area contributed by atoms with Gasteiger partial charge in [-0.3, -0.25) is 4.79 Å². The summed E-state index contributed by atoms with van der Waals surface area (Å²) in [6.07, 6.45) is 3.77. The highest BCUT2D eigenvalue weighted by atomic mass is 16.5. The molecule has 0 aliphatic rings. The van der Waals surface area contributed by atoms with Gasteiger partial charge < -0.3 is 10.1 Å². The van der Waals surface area contributed by atoms with Crippen LogP contribution in [0.3, 0.4) is 0 Å². The van der Waals surface area contributed by atoms with Crippen molar-refractivity contribution in [1.82, 2.24) is 5.10 Å². The van der Waals surface area contributed by atoms with E-state index < -0.39 is 0 Å². The largest absolute Gasteiger partial charge is 0.484 e. The minimum atomic E-state index is -0.199. The van der Waals surface area contributed by atoms with Crippen molar-refractivity contribution in [2.45, 2.75) is 0 Å². The first-order chi connectivity index (χ1) is 13.8. The van der Waals surface area contributed by atoms with Gasteiger partial charge >= 0.3 is 0 Å². The molecule has 1 amide bonds. The van der Waals surface area contributed by atoms with Gasteiger partial charge in [0.1, 0.15) is 5.75 Å². The Hall–Kier alpha value is -3.86. The first-order valence-electron chi connectivity index (χ1n) is 9.01. The molecule has 0 atom stereocenters. The standard InChI is InChI=1S/C23H19N3O2/c27-23(17-28-22-13-11-21(12-14-22)26-16-4-15-24-26)25-20-9-7-19(8-10-20)18-5-2-1-3-6-18/h1-16H,17H2,(H,25,27)/p+1. The number of anilines is 1. The van der Waals surface area contributed by atoms with Crippen LogP contribution in [-0.2, 0) is 4.79 Å². The van der Waals surface area contributed by atoms with Crippen LogP contribution in [-0.4, -0.2) is 17.6 Å². The van der Waals surface area contributed by atoms with E-state index in [4.69, 9.17) is 4.74 Å². The molecule has 0 aliphatic heterocycles. The van der Waals surface area contributed by atoms with Crippen LogP contribution in [0.1, 0.15) is 0 Å². The minimum absolute atomic E-state index is 0.0462. The number of hydrogen-bond acceptors (Lipinski definition) is 2. The molecule has 0 aliphatic carbocycles. The Kier molecular flexibility index (Phi) is 5.15. The fraction of sp³-hybridized carbons (Fsp3) is 0.0435. The van der Waals surface area contributed by atoms with Crippen LogP contribution in [0.2, 0.25) is 0 Å². The Morgan fingerprint density at radius 3 is 2.25 bits per heavy atom. The second kappa shape index (κ2) is 8.22. The molecule has 5 heteroatoms. The minimum Gasteiger partial charge on any atom is -0.484 e. The van der Waals surface area contributed by atoms with Crippen molar-refractivity contribution in [2.75, 3.05) is 11.9 Å². The van der Waals surface area contributed by atoms with Gasteiger partial charge in [0.05, 0.1) is 6.20 Å². The molecule has 4 aromatic rings. The normalized spacial score (nSPS) is 10.4. The molecule has 0 saturated carbocycles. The predicted octanol–water partition coefficient (Wildman–Crippen LogP) is 3.98. The Morgan fingerprint density at radius 2 is 1.57 bits per heavy atom. The van der Waals surface area contributed by atoms with Crippen LogP contribution in [0, 0.1) is 0 Å². The topological polar surface area (TPSA) is 58.0 Å². The Labute approximate surface area is 163 Å². The van der Waals surface area contributed by atoms with E-state index >= 15 is 0 Å². The Morgan fingerprint density at radius 1 is 0.857 bits per heavy atom. The average Bonchev–Trinajstić information content (AvgIpc) is 3.29. The lowest BCUT2D eigenvalue weighted by atomic mass is 10.1. The SMILES string of the molecule is O=C(COc1ccc(-[n+]2ccc[nH]2)cc1)Nc1ccc(-c2ccccc2)cc1. The van der Waals surface area contributed by atoms with Crippen LogP contribution < -0.4 is 14.7 Å². The van der Waals surface area contributed by atoms with E-state index in [2.05, 4.69) is 22.5 Å². The first-order valence-corrected chi connectivity index (χ1v) is 9.01. The van der Waals surface area contributed by atoms with Crippen molar-refractivity contribution in [3.05, 3.63) is 97.3 Å². The molecule has 0 fully saturated rings. The third-order valence-corrected chi connectivity index (χ3v) is 4.31. The summed E-state index contributed by atoms with van der Waals surface area (Å²) in [6.45, 7) is -0.0462. The summed E-state index contributed by atoms with van der Waals surface area (Å²) in [7, 11) is 0. The highest BCUT2D eigenvalue weighted by molar-refractivity contribution is 5.92. The van der Waals surface area contributed by atoms with Gasteiger partial charge in [0.15, 0.2) is 6.61 Å². The maximum absolute atomic E-state index is 12.1. The summed E-state index contributed by atoms with van der Waals surface area (Å²) < 4.78 is 7.46. The highest BCUT2D eigenvalue weighted by Crippen LogP contribution is 2.21. The molecule has 4 rings (SSSR count). The molecule has 0 saturated heterocycles. The number of nitrogens with zero attached hydrogens (tertiary/aromatic N) is 1. The molecule has 1 heterocycles. The molecule has 3 aromatic carbocycles. The fourth-order valence-corrected chi connectivity index (χ4v) is 2.88. The molecule has 0 radical (unpaired) electrons. The zero-order valence-electron chi connectivity index (χ0n) is 15.2. The number of benzene rings is 3. The molecule has 0 spiro atoms. The van der Waals surface area contributed by atoms with Crippen molar-refractivity contribution in [3.63, 3.8) is 0 Å². The number of nitrogens with one attached hydrogen (secondary N) is 2. The summed E-state index contributed by atoms with van der Waals surface area (Å²) in [5, 5.41) is 5.93. The maximum atomic E-state index is 12.1. The van der Waals surface area contributed by atoms with Gasteiger partial charge in [-0.2, -0.15) is 5.10 Å². The van der Waals surface area contributed by atoms with Crippen molar-refractivity contribution in [3.8, 4) is 22.6 Å². The highest BCUT2D eigenvalue weighted by Gasteiger charge is 2.08. The smallest absolute Gasteiger partial charge is 0.262 e. The number of rotatable bonds is 6. The second-order valence-corrected chi connectivity index (χ2v) is 6.28. The van der Waals surface area contributed by atoms with E-state index in [9.17, 15) is 4.79 Å². The molecule has 2 N–H and O–H groups in total. The van der Waals surface area contributed by atoms with Crippen LogP contribution in [0.15, 0.2) is 97.3 Å². The third-order valence-electron chi connectivity index (χ3n) is 4.31. The van der Waals surface area contributed by atoms with E-state index in [-0.39, 0.29) is 12.5 Å². The molecule has 0 bridgehead atoms. The van der Waals surface area contributed by atoms with Crippen molar-refractivity contribution < 1.29 is 14.2 Å². The van der Waals surface area contributed by atoms with Crippen molar-refractivity contribution in [2.24, 2.45) is 0 Å². The van der Waals surface area contributed by atoms with E-state index in [0.29, 0.717) is 5.75 Å². The van der Waals surface area contributed by atoms with Crippen molar-refractivity contribution in [1.29, 1.82) is 0 Å². The lowest BCUT2D eigenvalue weighted by Crippen LogP contribution is -2.31. The van der Waals surface area contributed by atoms with Crippen LogP contribution in [0.5, 0.6) is 5.75 Å². The summed E-state index contributed by atoms with van der Waals surface area (Å²) in [5.41, 5.74) is 3.98. The first kappa shape index (κ1) is 17.5. The number of amides is 1. The number of H-pyrrole nitrogens is 1. The fourth-order valence-electron chi connectivity index (χ4n) is 2.88. The van der Waals surface area contributed by atoms with E-state index in [1.54, 1.807) is 0 Å². The lowest BCUT2D eigenvalue weighted by molar-refractivity contribution is -0.655. The average molecular weight is 370 g/mol. The number of aromatic nitrogens is 2. The van der Waals surface area contributed by atoms with Gasteiger partial charge in [0, 0.05) is 23.9 Å². The van der Waals surface area contributed by atoms with E-state index in [1.165, 1.54) is 0 Å². The van der Waals surface area contributed by atoms with E-state index in [0.717, 1.165) is 22.5 Å². The lowest BCUT2D eigenvalue weighted by Gasteiger charge is -2.08. The van der Waals surface area contributed by atoms with Crippen LogP contribution >= 0.6 is 0 Å². The van der Waals surface area contributed by atoms with Gasteiger partial charge in [0.25, 0.3) is 5.91 Å². The van der Waals surface area contributed by atoms with Gasteiger partial charge in [-0.25, -0.2) is 0 Å². The molecule has 1 aromatic heterocycles. The third kappa shape index (κ3) is 4.27. The summed E-state index contributed by atoms with van der Waals surface area (Å²) in [5.74, 6) is 0.445. The maximum Gasteiger partial charge on any atom is 0.262 e. The summed E-state index contributed by atoms with van der Waals surface area (Å²) in [4.78, 5) is 12.1. The van der Waals surface area contributed by atoms with Gasteiger partial charge in [0.2, 0.25) is 11.9 Å². The van der Waals surface area contributed by atoms with Gasteiger partial charge in [-0.1, -0.05) is 47.1 Å². The van der Waals surface area contributed by atoms with Crippen molar-refractivity contribution >= 4 is 11.6 Å². The monoisotopic (exact) mass is 370 g/mol. The zero-order chi connectivity index (χ0) is 19.2.